The Morgan fingerprint density at radius 1 is 0.844 bits per heavy atom. The van der Waals surface area contributed by atoms with E-state index in [1.54, 1.807) is 12.1 Å². The lowest BCUT2D eigenvalue weighted by atomic mass is 9.89. The van der Waals surface area contributed by atoms with Gasteiger partial charge in [-0.25, -0.2) is 0 Å². The molecule has 0 saturated heterocycles. The van der Waals surface area contributed by atoms with E-state index in [1.807, 2.05) is 77.7 Å². The molecule has 3 aromatic rings. The van der Waals surface area contributed by atoms with E-state index >= 15 is 0 Å². The van der Waals surface area contributed by atoms with Crippen molar-refractivity contribution in [2.24, 2.45) is 5.73 Å². The number of hydrogen-bond acceptors (Lipinski definition) is 3. The second-order valence-corrected chi connectivity index (χ2v) is 8.34. The number of nitrogens with two attached hydrogens (primary N) is 1. The second-order valence-electron chi connectivity index (χ2n) is 8.34. The fourth-order valence-electron chi connectivity index (χ4n) is 4.35. The Morgan fingerprint density at radius 3 is 2.19 bits per heavy atom. The third-order valence-corrected chi connectivity index (χ3v) is 6.04. The first-order valence-corrected chi connectivity index (χ1v) is 11.2. The number of carbonyl (C=O) groups excluding carboxylic acids is 2. The van der Waals surface area contributed by atoms with Crippen LogP contribution in [0.3, 0.4) is 0 Å². The average molecular weight is 428 g/mol. The number of amides is 2. The van der Waals surface area contributed by atoms with Gasteiger partial charge in [0.1, 0.15) is 0 Å². The maximum atomic E-state index is 13.4. The maximum absolute atomic E-state index is 13.4. The van der Waals surface area contributed by atoms with Crippen molar-refractivity contribution in [1.82, 2.24) is 4.90 Å². The van der Waals surface area contributed by atoms with Crippen LogP contribution < -0.4 is 11.1 Å². The molecule has 2 amide bonds. The summed E-state index contributed by atoms with van der Waals surface area (Å²) < 4.78 is 0. The Bertz CT molecular complexity index is 1050. The van der Waals surface area contributed by atoms with Gasteiger partial charge in [-0.3, -0.25) is 9.59 Å². The van der Waals surface area contributed by atoms with Crippen molar-refractivity contribution in [2.75, 3.05) is 5.32 Å². The van der Waals surface area contributed by atoms with Crippen LogP contribution in [0.15, 0.2) is 84.9 Å². The summed E-state index contributed by atoms with van der Waals surface area (Å²) in [6.07, 6.45) is 4.01. The highest BCUT2D eigenvalue weighted by Gasteiger charge is 2.31. The maximum Gasteiger partial charge on any atom is 0.255 e. The molecule has 1 fully saturated rings. The minimum absolute atomic E-state index is 0.000905. The monoisotopic (exact) mass is 427 g/mol. The van der Waals surface area contributed by atoms with Gasteiger partial charge in [-0.05, 0) is 54.8 Å². The molecular formula is C27H29N3O2. The Hall–Kier alpha value is -3.44. The Kier molecular flexibility index (Phi) is 6.97. The van der Waals surface area contributed by atoms with Crippen molar-refractivity contribution in [3.8, 4) is 0 Å². The molecule has 0 aromatic heterocycles. The molecule has 0 radical (unpaired) electrons. The van der Waals surface area contributed by atoms with Gasteiger partial charge in [0, 0.05) is 35.4 Å². The van der Waals surface area contributed by atoms with Crippen LogP contribution in [-0.2, 0) is 6.54 Å². The summed E-state index contributed by atoms with van der Waals surface area (Å²) in [6, 6.07) is 26.1. The van der Waals surface area contributed by atoms with E-state index in [-0.39, 0.29) is 23.9 Å². The molecule has 2 atom stereocenters. The van der Waals surface area contributed by atoms with E-state index in [2.05, 4.69) is 5.32 Å². The highest BCUT2D eigenvalue weighted by atomic mass is 16.2. The van der Waals surface area contributed by atoms with E-state index in [9.17, 15) is 9.59 Å². The van der Waals surface area contributed by atoms with Crippen LogP contribution in [-0.4, -0.2) is 28.8 Å². The van der Waals surface area contributed by atoms with Gasteiger partial charge in [-0.15, -0.1) is 0 Å². The van der Waals surface area contributed by atoms with Crippen LogP contribution in [0.25, 0.3) is 0 Å². The summed E-state index contributed by atoms with van der Waals surface area (Å²) in [5.74, 6) is -0.166. The molecule has 2 unspecified atom stereocenters. The molecule has 3 N–H and O–H groups in total. The van der Waals surface area contributed by atoms with Crippen molar-refractivity contribution >= 4 is 17.5 Å². The minimum atomic E-state index is -0.158. The first-order chi connectivity index (χ1) is 15.6. The van der Waals surface area contributed by atoms with Crippen LogP contribution in [0, 0.1) is 0 Å². The fraction of sp³-hybridized carbons (Fsp3) is 0.259. The van der Waals surface area contributed by atoms with Crippen molar-refractivity contribution in [2.45, 2.75) is 44.3 Å². The minimum Gasteiger partial charge on any atom is -0.330 e. The smallest absolute Gasteiger partial charge is 0.255 e. The number of rotatable bonds is 6. The number of benzene rings is 3. The van der Waals surface area contributed by atoms with Gasteiger partial charge in [-0.1, -0.05) is 61.4 Å². The highest BCUT2D eigenvalue weighted by Crippen LogP contribution is 2.26. The number of nitrogens with one attached hydrogen (secondary N) is 1. The van der Waals surface area contributed by atoms with E-state index in [4.69, 9.17) is 5.73 Å². The van der Waals surface area contributed by atoms with Gasteiger partial charge < -0.3 is 16.0 Å². The standard InChI is InChI=1S/C27H29N3O2/c28-24-16-7-8-17-25(24)30(27(32)22-13-5-2-6-14-22)19-20-10-9-15-23(18-20)29-26(31)21-11-3-1-4-12-21/h1-6,9-15,18,24-25H,7-8,16-17,19,28H2,(H,29,31). The molecule has 5 nitrogen and oxygen atoms in total. The van der Waals surface area contributed by atoms with Crippen LogP contribution in [0.2, 0.25) is 0 Å². The third kappa shape index (κ3) is 5.24. The number of carbonyl (C=O) groups is 2. The van der Waals surface area contributed by atoms with Gasteiger partial charge in [0.2, 0.25) is 0 Å². The summed E-state index contributed by atoms with van der Waals surface area (Å²) >= 11 is 0. The Labute approximate surface area is 189 Å². The van der Waals surface area contributed by atoms with Crippen LogP contribution in [0.4, 0.5) is 5.69 Å². The van der Waals surface area contributed by atoms with Gasteiger partial charge in [0.25, 0.3) is 11.8 Å². The van der Waals surface area contributed by atoms with E-state index in [1.165, 1.54) is 0 Å². The number of hydrogen-bond donors (Lipinski definition) is 2. The summed E-state index contributed by atoms with van der Waals surface area (Å²) in [7, 11) is 0. The molecule has 5 heteroatoms. The second kappa shape index (κ2) is 10.2. The quantitative estimate of drug-likeness (QED) is 0.590. The Balaban J connectivity index is 1.56. The van der Waals surface area contributed by atoms with Crippen molar-refractivity contribution in [1.29, 1.82) is 0 Å². The van der Waals surface area contributed by atoms with Gasteiger partial charge in [0.05, 0.1) is 0 Å². The zero-order valence-electron chi connectivity index (χ0n) is 18.1. The zero-order valence-corrected chi connectivity index (χ0v) is 18.1. The molecule has 1 aliphatic carbocycles. The topological polar surface area (TPSA) is 75.4 Å². The predicted octanol–water partition coefficient (Wildman–Crippen LogP) is 4.85. The molecule has 0 bridgehead atoms. The van der Waals surface area contributed by atoms with Crippen LogP contribution in [0.5, 0.6) is 0 Å². The van der Waals surface area contributed by atoms with E-state index in [0.717, 1.165) is 31.2 Å². The molecule has 164 valence electrons. The summed E-state index contributed by atoms with van der Waals surface area (Å²) in [5, 5.41) is 2.95. The molecule has 3 aromatic carbocycles. The summed E-state index contributed by atoms with van der Waals surface area (Å²) in [6.45, 7) is 0.446. The van der Waals surface area contributed by atoms with Crippen molar-refractivity contribution in [3.63, 3.8) is 0 Å². The molecule has 32 heavy (non-hydrogen) atoms. The molecule has 0 spiro atoms. The zero-order chi connectivity index (χ0) is 22.3. The molecule has 0 aliphatic heterocycles. The SMILES string of the molecule is NC1CCCCC1N(Cc1cccc(NC(=O)c2ccccc2)c1)C(=O)c1ccccc1. The largest absolute Gasteiger partial charge is 0.330 e. The van der Waals surface area contributed by atoms with Gasteiger partial charge in [0.15, 0.2) is 0 Å². The molecule has 1 aliphatic rings. The molecule has 1 saturated carbocycles. The summed E-state index contributed by atoms with van der Waals surface area (Å²) in [4.78, 5) is 27.9. The lowest BCUT2D eigenvalue weighted by Gasteiger charge is -2.38. The van der Waals surface area contributed by atoms with Crippen LogP contribution in [0.1, 0.15) is 52.0 Å². The fourth-order valence-corrected chi connectivity index (χ4v) is 4.35. The van der Waals surface area contributed by atoms with Gasteiger partial charge in [-0.2, -0.15) is 0 Å². The highest BCUT2D eigenvalue weighted by molar-refractivity contribution is 6.04. The first-order valence-electron chi connectivity index (χ1n) is 11.2. The lowest BCUT2D eigenvalue weighted by molar-refractivity contribution is 0.0583. The molecule has 4 rings (SSSR count). The molecule has 0 heterocycles. The molecular weight excluding hydrogens is 398 g/mol. The van der Waals surface area contributed by atoms with Crippen molar-refractivity contribution < 1.29 is 9.59 Å². The van der Waals surface area contributed by atoms with E-state index < -0.39 is 0 Å². The summed E-state index contributed by atoms with van der Waals surface area (Å²) in [5.41, 5.74) is 9.39. The number of anilines is 1. The van der Waals surface area contributed by atoms with Gasteiger partial charge >= 0.3 is 0 Å². The average Bonchev–Trinajstić information content (AvgIpc) is 2.84. The van der Waals surface area contributed by atoms with Crippen molar-refractivity contribution in [3.05, 3.63) is 102 Å². The first kappa shape index (κ1) is 21.8. The number of nitrogens with zero attached hydrogens (tertiary/aromatic N) is 1. The van der Waals surface area contributed by atoms with Crippen LogP contribution >= 0.6 is 0 Å². The predicted molar refractivity (Wildman–Crippen MR) is 127 cm³/mol. The normalized spacial score (nSPS) is 18.0. The third-order valence-electron chi connectivity index (χ3n) is 6.04. The lowest BCUT2D eigenvalue weighted by Crippen LogP contribution is -2.51. The Morgan fingerprint density at radius 2 is 1.50 bits per heavy atom. The van der Waals surface area contributed by atoms with E-state index in [0.29, 0.717) is 23.4 Å².